The molecular weight excluding hydrogens is 428 g/mol. The van der Waals surface area contributed by atoms with Crippen LogP contribution in [-0.2, 0) is 9.53 Å². The molecule has 2 saturated heterocycles. The molecule has 10 heteroatoms. The molecule has 0 aliphatic carbocycles. The van der Waals surface area contributed by atoms with E-state index in [0.717, 1.165) is 9.78 Å². The zero-order valence-corrected chi connectivity index (χ0v) is 17.6. The lowest BCUT2D eigenvalue weighted by molar-refractivity contribution is -0.125. The van der Waals surface area contributed by atoms with Gasteiger partial charge in [0.05, 0.1) is 24.5 Å². The highest BCUT2D eigenvalue weighted by Crippen LogP contribution is 2.32. The third-order valence-electron chi connectivity index (χ3n) is 5.20. The van der Waals surface area contributed by atoms with Crippen molar-refractivity contribution in [2.24, 2.45) is 0 Å². The molecule has 3 amide bonds. The molecule has 1 aromatic heterocycles. The maximum Gasteiger partial charge on any atom is 0.414 e. The maximum absolute atomic E-state index is 13.7. The zero-order chi connectivity index (χ0) is 22.2. The quantitative estimate of drug-likeness (QED) is 0.757. The predicted molar refractivity (Wildman–Crippen MR) is 112 cm³/mol. The van der Waals surface area contributed by atoms with Crippen LogP contribution < -0.4 is 15.1 Å². The third kappa shape index (κ3) is 4.68. The van der Waals surface area contributed by atoms with Gasteiger partial charge in [-0.05, 0) is 43.3 Å². The van der Waals surface area contributed by atoms with Crippen molar-refractivity contribution in [2.45, 2.75) is 31.8 Å². The summed E-state index contributed by atoms with van der Waals surface area (Å²) in [4.78, 5) is 40.5. The standard InChI is InChI=1S/C21H21F2N3O4S/c1-13-2-7-17(31-13)19(28)24-10-16-11-25(20(29)30-16)14-3-5-15(6-4-14)26-12-21(22,23)9-8-18(26)27/h2-7,16H,8-12H2,1H3,(H,24,28). The summed E-state index contributed by atoms with van der Waals surface area (Å²) >= 11 is 1.38. The number of halogens is 2. The molecule has 164 valence electrons. The molecule has 4 rings (SSSR count). The number of aryl methyl sites for hydroxylation is 1. The van der Waals surface area contributed by atoms with Crippen LogP contribution in [0.3, 0.4) is 0 Å². The first kappa shape index (κ1) is 21.2. The number of hydrogen-bond donors (Lipinski definition) is 1. The lowest BCUT2D eigenvalue weighted by Gasteiger charge is -2.32. The van der Waals surface area contributed by atoms with Crippen LogP contribution in [0.2, 0.25) is 0 Å². The van der Waals surface area contributed by atoms with E-state index < -0.39 is 31.1 Å². The van der Waals surface area contributed by atoms with E-state index in [1.807, 2.05) is 13.0 Å². The second-order valence-electron chi connectivity index (χ2n) is 7.59. The summed E-state index contributed by atoms with van der Waals surface area (Å²) in [5.74, 6) is -3.49. The van der Waals surface area contributed by atoms with Crippen molar-refractivity contribution in [3.63, 3.8) is 0 Å². The molecule has 7 nitrogen and oxygen atoms in total. The molecule has 0 radical (unpaired) electrons. The molecule has 2 aliphatic heterocycles. The van der Waals surface area contributed by atoms with Gasteiger partial charge in [-0.2, -0.15) is 0 Å². The minimum Gasteiger partial charge on any atom is -0.442 e. The molecule has 2 aliphatic rings. The van der Waals surface area contributed by atoms with Crippen LogP contribution in [0.1, 0.15) is 27.4 Å². The monoisotopic (exact) mass is 449 g/mol. The number of alkyl halides is 2. The van der Waals surface area contributed by atoms with Crippen LogP contribution in [0.25, 0.3) is 0 Å². The highest BCUT2D eigenvalue weighted by Gasteiger charge is 2.39. The van der Waals surface area contributed by atoms with E-state index in [2.05, 4.69) is 5.32 Å². The number of carbonyl (C=O) groups is 3. The fourth-order valence-electron chi connectivity index (χ4n) is 3.56. The van der Waals surface area contributed by atoms with Gasteiger partial charge >= 0.3 is 6.09 Å². The lowest BCUT2D eigenvalue weighted by Crippen LogP contribution is -2.46. The molecule has 31 heavy (non-hydrogen) atoms. The maximum atomic E-state index is 13.7. The fourth-order valence-corrected chi connectivity index (χ4v) is 4.34. The number of thiophene rings is 1. The first-order chi connectivity index (χ1) is 14.7. The van der Waals surface area contributed by atoms with Gasteiger partial charge in [0, 0.05) is 29.1 Å². The summed E-state index contributed by atoms with van der Waals surface area (Å²) in [6.45, 7) is 1.68. The Morgan fingerprint density at radius 2 is 1.84 bits per heavy atom. The molecular formula is C21H21F2N3O4S. The number of carbonyl (C=O) groups excluding carboxylic acids is 3. The van der Waals surface area contributed by atoms with Crippen molar-refractivity contribution < 1.29 is 27.9 Å². The molecule has 2 fully saturated rings. The van der Waals surface area contributed by atoms with Crippen molar-refractivity contribution in [2.75, 3.05) is 29.4 Å². The average molecular weight is 449 g/mol. The van der Waals surface area contributed by atoms with Crippen molar-refractivity contribution in [3.8, 4) is 0 Å². The van der Waals surface area contributed by atoms with E-state index >= 15 is 0 Å². The molecule has 0 spiro atoms. The number of piperidine rings is 1. The normalized spacial score (nSPS) is 20.7. The highest BCUT2D eigenvalue weighted by molar-refractivity contribution is 7.13. The summed E-state index contributed by atoms with van der Waals surface area (Å²) in [6.07, 6.45) is -1.71. The molecule has 2 aromatic rings. The van der Waals surface area contributed by atoms with Gasteiger partial charge in [-0.1, -0.05) is 0 Å². The van der Waals surface area contributed by atoms with E-state index in [-0.39, 0.29) is 31.3 Å². The number of cyclic esters (lactones) is 1. The van der Waals surface area contributed by atoms with Gasteiger partial charge in [-0.3, -0.25) is 14.5 Å². The lowest BCUT2D eigenvalue weighted by atomic mass is 10.1. The van der Waals surface area contributed by atoms with Gasteiger partial charge in [0.25, 0.3) is 11.8 Å². The Balaban J connectivity index is 1.37. The van der Waals surface area contributed by atoms with Gasteiger partial charge < -0.3 is 15.0 Å². The molecule has 0 saturated carbocycles. The largest absolute Gasteiger partial charge is 0.442 e. The Morgan fingerprint density at radius 3 is 2.48 bits per heavy atom. The number of nitrogens with one attached hydrogen (secondary N) is 1. The van der Waals surface area contributed by atoms with Crippen molar-refractivity contribution in [1.29, 1.82) is 0 Å². The summed E-state index contributed by atoms with van der Waals surface area (Å²) in [6, 6.07) is 9.86. The smallest absolute Gasteiger partial charge is 0.414 e. The number of anilines is 2. The van der Waals surface area contributed by atoms with Crippen LogP contribution in [-0.4, -0.2) is 49.6 Å². The number of nitrogens with zero attached hydrogens (tertiary/aromatic N) is 2. The Kier molecular flexibility index (Phi) is 5.65. The number of hydrogen-bond acceptors (Lipinski definition) is 5. The minimum absolute atomic E-state index is 0.174. The molecule has 1 unspecified atom stereocenters. The Hall–Kier alpha value is -3.01. The van der Waals surface area contributed by atoms with Gasteiger partial charge in [0.15, 0.2) is 0 Å². The van der Waals surface area contributed by atoms with Crippen LogP contribution in [0.4, 0.5) is 25.0 Å². The first-order valence-electron chi connectivity index (χ1n) is 9.83. The summed E-state index contributed by atoms with van der Waals surface area (Å²) in [5.41, 5.74) is 0.878. The first-order valence-corrected chi connectivity index (χ1v) is 10.6. The second-order valence-corrected chi connectivity index (χ2v) is 8.88. The van der Waals surface area contributed by atoms with E-state index in [0.29, 0.717) is 16.3 Å². The summed E-state index contributed by atoms with van der Waals surface area (Å²) < 4.78 is 32.7. The topological polar surface area (TPSA) is 79.0 Å². The second kappa shape index (κ2) is 8.26. The van der Waals surface area contributed by atoms with E-state index in [4.69, 9.17) is 4.74 Å². The Bertz CT molecular complexity index is 1010. The highest BCUT2D eigenvalue weighted by atomic mass is 32.1. The van der Waals surface area contributed by atoms with Crippen molar-refractivity contribution in [3.05, 3.63) is 46.2 Å². The predicted octanol–water partition coefficient (Wildman–Crippen LogP) is 3.57. The number of ether oxygens (including phenoxy) is 1. The van der Waals surface area contributed by atoms with Crippen LogP contribution in [0.5, 0.6) is 0 Å². The van der Waals surface area contributed by atoms with Gasteiger partial charge in [0.1, 0.15) is 6.10 Å². The van der Waals surface area contributed by atoms with E-state index in [1.165, 1.54) is 28.4 Å². The minimum atomic E-state index is -2.91. The molecule has 1 aromatic carbocycles. The molecule has 0 bridgehead atoms. The van der Waals surface area contributed by atoms with Crippen molar-refractivity contribution in [1.82, 2.24) is 5.32 Å². The Morgan fingerprint density at radius 1 is 1.16 bits per heavy atom. The number of benzene rings is 1. The van der Waals surface area contributed by atoms with Gasteiger partial charge in [-0.25, -0.2) is 13.6 Å². The molecule has 1 N–H and O–H groups in total. The van der Waals surface area contributed by atoms with E-state index in [1.54, 1.807) is 18.2 Å². The SMILES string of the molecule is Cc1ccc(C(=O)NCC2CN(c3ccc(N4CC(F)(F)CCC4=O)cc3)C(=O)O2)s1. The van der Waals surface area contributed by atoms with Gasteiger partial charge in [-0.15, -0.1) is 11.3 Å². The van der Waals surface area contributed by atoms with E-state index in [9.17, 15) is 23.2 Å². The van der Waals surface area contributed by atoms with Crippen LogP contribution >= 0.6 is 11.3 Å². The molecule has 3 heterocycles. The zero-order valence-electron chi connectivity index (χ0n) is 16.8. The van der Waals surface area contributed by atoms with Crippen LogP contribution in [0.15, 0.2) is 36.4 Å². The summed E-state index contributed by atoms with van der Waals surface area (Å²) in [7, 11) is 0. The number of rotatable bonds is 5. The third-order valence-corrected chi connectivity index (χ3v) is 6.20. The van der Waals surface area contributed by atoms with Crippen molar-refractivity contribution >= 4 is 40.6 Å². The average Bonchev–Trinajstić information content (AvgIpc) is 3.34. The van der Waals surface area contributed by atoms with Crippen LogP contribution in [0, 0.1) is 6.92 Å². The number of amides is 3. The molecule has 1 atom stereocenters. The van der Waals surface area contributed by atoms with Gasteiger partial charge in [0.2, 0.25) is 5.91 Å². The Labute approximate surface area is 181 Å². The fraction of sp³-hybridized carbons (Fsp3) is 0.381. The summed E-state index contributed by atoms with van der Waals surface area (Å²) in [5, 5.41) is 2.76.